The van der Waals surface area contributed by atoms with Gasteiger partial charge < -0.3 is 19.5 Å². The Morgan fingerprint density at radius 2 is 2.22 bits per heavy atom. The summed E-state index contributed by atoms with van der Waals surface area (Å²) in [6.07, 6.45) is 6.34. The van der Waals surface area contributed by atoms with Crippen LogP contribution in [0.3, 0.4) is 0 Å². The van der Waals surface area contributed by atoms with Crippen molar-refractivity contribution >= 4 is 22.3 Å². The Morgan fingerprint density at radius 3 is 3.03 bits per heavy atom. The molecule has 0 saturated carbocycles. The highest BCUT2D eigenvalue weighted by Gasteiger charge is 2.31. The number of aryl methyl sites for hydroxylation is 2. The van der Waals surface area contributed by atoms with Crippen molar-refractivity contribution in [2.75, 3.05) is 32.8 Å². The fourth-order valence-electron chi connectivity index (χ4n) is 5.08. The number of carbonyl (C=O) groups is 1. The number of methoxy groups -OCH3 is 2. The first-order chi connectivity index (χ1) is 15.6. The van der Waals surface area contributed by atoms with Gasteiger partial charge in [-0.05, 0) is 54.4 Å². The third kappa shape index (κ3) is 3.80. The summed E-state index contributed by atoms with van der Waals surface area (Å²) in [6.45, 7) is 1.46. The molecule has 10 heteroatoms. The lowest BCUT2D eigenvalue weighted by Gasteiger charge is -2.23. The Labute approximate surface area is 188 Å². The highest BCUT2D eigenvalue weighted by molar-refractivity contribution is 7.75. The summed E-state index contributed by atoms with van der Waals surface area (Å²) in [5.74, 6) is 0.632. The van der Waals surface area contributed by atoms with E-state index in [1.54, 1.807) is 18.9 Å². The number of hydrogen-bond acceptors (Lipinski definition) is 6. The van der Waals surface area contributed by atoms with Crippen molar-refractivity contribution in [1.29, 1.82) is 0 Å². The molecule has 32 heavy (non-hydrogen) atoms. The molecule has 0 radical (unpaired) electrons. The summed E-state index contributed by atoms with van der Waals surface area (Å²) in [6, 6.07) is 1.69. The molecule has 0 fully saturated rings. The van der Waals surface area contributed by atoms with Crippen molar-refractivity contribution in [2.24, 2.45) is 4.36 Å². The normalized spacial score (nSPS) is 22.2. The van der Waals surface area contributed by atoms with E-state index >= 15 is 0 Å². The summed E-state index contributed by atoms with van der Waals surface area (Å²) in [5, 5.41) is 7.20. The van der Waals surface area contributed by atoms with Crippen molar-refractivity contribution in [1.82, 2.24) is 9.78 Å². The molecule has 2 aliphatic carbocycles. The van der Waals surface area contributed by atoms with E-state index in [0.717, 1.165) is 43.4 Å². The minimum atomic E-state index is -2.35. The van der Waals surface area contributed by atoms with E-state index in [0.29, 0.717) is 30.5 Å². The quantitative estimate of drug-likeness (QED) is 0.665. The van der Waals surface area contributed by atoms with Crippen molar-refractivity contribution in [3.8, 4) is 5.88 Å². The molecular formula is C22H28N4O5S. The molecule has 1 unspecified atom stereocenters. The molecule has 0 bridgehead atoms. The second-order valence-corrected chi connectivity index (χ2v) is 9.72. The van der Waals surface area contributed by atoms with Crippen LogP contribution in [0.1, 0.15) is 41.0 Å². The molecule has 3 aliphatic rings. The number of rotatable bonds is 5. The number of anilines is 1. The van der Waals surface area contributed by atoms with E-state index in [-0.39, 0.29) is 12.0 Å². The molecule has 9 nitrogen and oxygen atoms in total. The van der Waals surface area contributed by atoms with Crippen molar-refractivity contribution < 1.29 is 23.2 Å². The number of fused-ring (bicyclic) bond motifs is 3. The highest BCUT2D eigenvalue weighted by Crippen LogP contribution is 2.44. The topological polar surface area (TPSA) is 104 Å². The molecule has 2 heterocycles. The van der Waals surface area contributed by atoms with Crippen LogP contribution < -0.4 is 10.1 Å². The van der Waals surface area contributed by atoms with Crippen LogP contribution in [0, 0.1) is 0 Å². The van der Waals surface area contributed by atoms with E-state index in [9.17, 15) is 9.00 Å². The molecule has 0 saturated heterocycles. The van der Waals surface area contributed by atoms with Gasteiger partial charge in [-0.15, -0.1) is 4.36 Å². The number of aromatic nitrogens is 2. The molecule has 5 rings (SSSR count). The Bertz CT molecular complexity index is 1140. The lowest BCUT2D eigenvalue weighted by molar-refractivity contribution is 0.0165. The first kappa shape index (κ1) is 21.4. The fraction of sp³-hybridized carbons (Fsp3) is 0.545. The van der Waals surface area contributed by atoms with E-state index in [1.165, 1.54) is 22.9 Å². The van der Waals surface area contributed by atoms with E-state index in [2.05, 4.69) is 20.8 Å². The van der Waals surface area contributed by atoms with Crippen LogP contribution in [0.25, 0.3) is 0 Å². The summed E-state index contributed by atoms with van der Waals surface area (Å²) < 4.78 is 34.8. The first-order valence-corrected chi connectivity index (χ1v) is 12.2. The first-order valence-electron chi connectivity index (χ1n) is 11.0. The summed E-state index contributed by atoms with van der Waals surface area (Å²) in [7, 11) is 0.963. The van der Waals surface area contributed by atoms with Crippen LogP contribution in [0.15, 0.2) is 21.5 Å². The summed E-state index contributed by atoms with van der Waals surface area (Å²) in [5.41, 5.74) is 5.76. The monoisotopic (exact) mass is 460 g/mol. The average Bonchev–Trinajstić information content (AvgIpc) is 3.51. The fourth-order valence-corrected chi connectivity index (χ4v) is 5.90. The molecule has 1 N–H and O–H groups in total. The number of nitrogens with zero attached hydrogens (tertiary/aromatic N) is 3. The Balaban J connectivity index is 1.43. The van der Waals surface area contributed by atoms with Crippen LogP contribution >= 0.6 is 0 Å². The third-order valence-electron chi connectivity index (χ3n) is 6.57. The van der Waals surface area contributed by atoms with Crippen LogP contribution in [0.2, 0.25) is 0 Å². The van der Waals surface area contributed by atoms with Gasteiger partial charge in [0, 0.05) is 25.8 Å². The van der Waals surface area contributed by atoms with E-state index < -0.39 is 16.6 Å². The predicted molar refractivity (Wildman–Crippen MR) is 119 cm³/mol. The van der Waals surface area contributed by atoms with Crippen molar-refractivity contribution in [3.05, 3.63) is 34.5 Å². The van der Waals surface area contributed by atoms with Gasteiger partial charge in [0.1, 0.15) is 17.6 Å². The number of thiol groups is 1. The van der Waals surface area contributed by atoms with Gasteiger partial charge in [0.05, 0.1) is 29.9 Å². The van der Waals surface area contributed by atoms with Crippen LogP contribution in [0.4, 0.5) is 10.5 Å². The molecular weight excluding hydrogens is 432 g/mol. The number of ether oxygens (including phenoxy) is 3. The van der Waals surface area contributed by atoms with Crippen LogP contribution in [-0.2, 0) is 45.9 Å². The molecule has 1 aromatic carbocycles. The van der Waals surface area contributed by atoms with E-state index in [4.69, 9.17) is 14.2 Å². The van der Waals surface area contributed by atoms with Gasteiger partial charge in [0.15, 0.2) is 0 Å². The van der Waals surface area contributed by atoms with Crippen molar-refractivity contribution in [2.45, 2.75) is 55.6 Å². The lowest BCUT2D eigenvalue weighted by atomic mass is 9.94. The molecule has 2 amide bonds. The molecule has 172 valence electrons. The van der Waals surface area contributed by atoms with Gasteiger partial charge in [-0.25, -0.2) is 13.7 Å². The number of urea groups is 1. The zero-order valence-corrected chi connectivity index (χ0v) is 19.2. The maximum Gasteiger partial charge on any atom is 0.353 e. The number of carbonyl (C=O) groups excluding carboxylic acids is 1. The predicted octanol–water partition coefficient (Wildman–Crippen LogP) is 2.71. The van der Waals surface area contributed by atoms with E-state index in [1.807, 2.05) is 0 Å². The second kappa shape index (κ2) is 8.84. The van der Waals surface area contributed by atoms with Crippen molar-refractivity contribution in [3.63, 3.8) is 0 Å². The smallest absolute Gasteiger partial charge is 0.353 e. The maximum absolute atomic E-state index is 12.9. The third-order valence-corrected chi connectivity index (χ3v) is 7.65. The van der Waals surface area contributed by atoms with Gasteiger partial charge in [0.2, 0.25) is 5.88 Å². The Hall–Kier alpha value is -2.43. The van der Waals surface area contributed by atoms with Gasteiger partial charge in [-0.2, -0.15) is 5.10 Å². The zero-order valence-electron chi connectivity index (χ0n) is 18.3. The van der Waals surface area contributed by atoms with Gasteiger partial charge in [-0.3, -0.25) is 0 Å². The minimum absolute atomic E-state index is 0.115. The Kier molecular flexibility index (Phi) is 5.92. The minimum Gasteiger partial charge on any atom is -0.474 e. The summed E-state index contributed by atoms with van der Waals surface area (Å²) >= 11 is 0. The number of nitrogens with one attached hydrogen (secondary N) is 1. The van der Waals surface area contributed by atoms with Gasteiger partial charge in [0.25, 0.3) is 0 Å². The zero-order chi connectivity index (χ0) is 22.2. The SMILES string of the molecule is COC[C@H]1CCc2cc3c(c(NC(=O)/N=[SH](=O)\c4cnn5c4OC[C@@H](OC)C5)c21)CCC3. The van der Waals surface area contributed by atoms with Gasteiger partial charge >= 0.3 is 6.03 Å². The second-order valence-electron chi connectivity index (χ2n) is 8.50. The van der Waals surface area contributed by atoms with Crippen LogP contribution in [0.5, 0.6) is 5.88 Å². The largest absolute Gasteiger partial charge is 0.474 e. The molecule has 0 spiro atoms. The Morgan fingerprint density at radius 1 is 1.34 bits per heavy atom. The van der Waals surface area contributed by atoms with Gasteiger partial charge in [-0.1, -0.05) is 6.07 Å². The number of benzene rings is 1. The average molecular weight is 461 g/mol. The highest BCUT2D eigenvalue weighted by atomic mass is 32.2. The van der Waals surface area contributed by atoms with Crippen LogP contribution in [-0.4, -0.2) is 53.6 Å². The number of hydrogen-bond donors (Lipinski definition) is 2. The molecule has 3 atom stereocenters. The standard InChI is InChI=1S/C22H28N4O5S/c1-29-11-15-7-6-14-8-13-4-3-5-17(13)20(19(14)15)24-22(27)25-32(28)18-9-23-26-10-16(30-2)12-31-21(18)26/h8-9,15-16,32H,3-7,10-12H2,1-2H3,(H,24,27)/t15-,16+/m1/s1. The molecule has 1 aromatic heterocycles. The molecule has 2 aromatic rings. The lowest BCUT2D eigenvalue weighted by Crippen LogP contribution is -2.32. The summed E-state index contributed by atoms with van der Waals surface area (Å²) in [4.78, 5) is 13.2. The number of amides is 2. The maximum atomic E-state index is 12.9. The molecule has 1 aliphatic heterocycles.